The molecule has 0 radical (unpaired) electrons. The first kappa shape index (κ1) is 20.7. The Hall–Kier alpha value is -2.64. The number of aromatic nitrogens is 1. The van der Waals surface area contributed by atoms with E-state index < -0.39 is 5.97 Å². The fourth-order valence-electron chi connectivity index (χ4n) is 2.31. The number of nitrogens with zero attached hydrogens (tertiary/aromatic N) is 2. The van der Waals surface area contributed by atoms with Crippen molar-refractivity contribution in [1.82, 2.24) is 15.2 Å². The fraction of sp³-hybridized carbons (Fsp3) is 0.316. The van der Waals surface area contributed by atoms with E-state index in [9.17, 15) is 9.59 Å². The number of pyridine rings is 1. The third kappa shape index (κ3) is 6.23. The van der Waals surface area contributed by atoms with Crippen LogP contribution in [0.4, 0.5) is 11.4 Å². The number of esters is 1. The molecule has 1 amide bonds. The third-order valence-corrected chi connectivity index (χ3v) is 4.06. The van der Waals surface area contributed by atoms with Gasteiger partial charge in [0, 0.05) is 6.54 Å². The highest BCUT2D eigenvalue weighted by Crippen LogP contribution is 2.26. The predicted molar refractivity (Wildman–Crippen MR) is 106 cm³/mol. The zero-order valence-corrected chi connectivity index (χ0v) is 16.3. The Balaban J connectivity index is 1.99. The summed E-state index contributed by atoms with van der Waals surface area (Å²) in [7, 11) is 5.29. The zero-order chi connectivity index (χ0) is 19.8. The van der Waals surface area contributed by atoms with Crippen LogP contribution in [0.25, 0.3) is 0 Å². The van der Waals surface area contributed by atoms with E-state index >= 15 is 0 Å². The summed E-state index contributed by atoms with van der Waals surface area (Å²) in [5.41, 5.74) is 1.90. The Labute approximate surface area is 163 Å². The van der Waals surface area contributed by atoms with Gasteiger partial charge in [-0.3, -0.25) is 4.79 Å². The van der Waals surface area contributed by atoms with Gasteiger partial charge in [0.05, 0.1) is 35.3 Å². The van der Waals surface area contributed by atoms with E-state index in [4.69, 9.17) is 16.3 Å². The fourth-order valence-corrected chi connectivity index (χ4v) is 2.48. The average Bonchev–Trinajstić information content (AvgIpc) is 2.66. The van der Waals surface area contributed by atoms with Gasteiger partial charge in [-0.2, -0.15) is 0 Å². The Morgan fingerprint density at radius 2 is 2.00 bits per heavy atom. The molecular formula is C19H23ClN4O3. The molecule has 0 aliphatic heterocycles. The molecule has 0 fully saturated rings. The molecule has 1 aromatic carbocycles. The van der Waals surface area contributed by atoms with Crippen molar-refractivity contribution in [2.75, 3.05) is 39.6 Å². The molecule has 2 rings (SSSR count). The van der Waals surface area contributed by atoms with E-state index in [1.54, 1.807) is 30.3 Å². The van der Waals surface area contributed by atoms with Crippen molar-refractivity contribution >= 4 is 34.9 Å². The number of carbonyl (C=O) groups is 2. The van der Waals surface area contributed by atoms with Gasteiger partial charge in [0.15, 0.2) is 0 Å². The van der Waals surface area contributed by atoms with Crippen molar-refractivity contribution in [2.45, 2.75) is 6.42 Å². The van der Waals surface area contributed by atoms with Crippen LogP contribution in [-0.4, -0.2) is 56.1 Å². The largest absolute Gasteiger partial charge is 0.465 e. The van der Waals surface area contributed by atoms with Crippen LogP contribution in [-0.2, 0) is 4.74 Å². The molecule has 0 atom stereocenters. The quantitative estimate of drug-likeness (QED) is 0.532. The number of methoxy groups -OCH3 is 1. The molecule has 2 N–H and O–H groups in total. The summed E-state index contributed by atoms with van der Waals surface area (Å²) in [6, 6.07) is 8.14. The molecular weight excluding hydrogens is 368 g/mol. The third-order valence-electron chi connectivity index (χ3n) is 3.73. The molecule has 1 heterocycles. The molecule has 0 aliphatic rings. The molecule has 7 nitrogen and oxygen atoms in total. The summed E-state index contributed by atoms with van der Waals surface area (Å²) in [4.78, 5) is 30.0. The van der Waals surface area contributed by atoms with Gasteiger partial charge >= 0.3 is 5.97 Å². The monoisotopic (exact) mass is 390 g/mol. The van der Waals surface area contributed by atoms with Crippen molar-refractivity contribution in [1.29, 1.82) is 0 Å². The SMILES string of the molecule is COC(=O)c1ccc(Cl)c(Nc2ccc(C(=O)NCCCN(C)C)nc2)c1. The maximum absolute atomic E-state index is 12.1. The molecule has 1 aromatic heterocycles. The number of ether oxygens (including phenoxy) is 1. The van der Waals surface area contributed by atoms with Gasteiger partial charge in [-0.15, -0.1) is 0 Å². The van der Waals surface area contributed by atoms with E-state index in [1.165, 1.54) is 13.3 Å². The van der Waals surface area contributed by atoms with Gasteiger partial charge in [0.2, 0.25) is 0 Å². The smallest absolute Gasteiger partial charge is 0.337 e. The standard InChI is InChI=1S/C19H23ClN4O3/c1-24(2)10-4-9-21-18(25)16-8-6-14(12-22-16)23-17-11-13(19(26)27-3)5-7-15(17)20/h5-8,11-12,23H,4,9-10H2,1-3H3,(H,21,25). The topological polar surface area (TPSA) is 83.6 Å². The second-order valence-electron chi connectivity index (χ2n) is 6.16. The van der Waals surface area contributed by atoms with Gasteiger partial charge in [0.1, 0.15) is 5.69 Å². The second-order valence-corrected chi connectivity index (χ2v) is 6.56. The molecule has 0 unspecified atom stereocenters. The summed E-state index contributed by atoms with van der Waals surface area (Å²) in [6.07, 6.45) is 2.41. The summed E-state index contributed by atoms with van der Waals surface area (Å²) in [5.74, 6) is -0.667. The van der Waals surface area contributed by atoms with Gasteiger partial charge in [-0.1, -0.05) is 11.6 Å². The van der Waals surface area contributed by atoms with Crippen molar-refractivity contribution in [2.24, 2.45) is 0 Å². The zero-order valence-electron chi connectivity index (χ0n) is 15.6. The highest BCUT2D eigenvalue weighted by molar-refractivity contribution is 6.33. The number of rotatable bonds is 8. The van der Waals surface area contributed by atoms with E-state index in [0.717, 1.165) is 13.0 Å². The number of hydrogen-bond acceptors (Lipinski definition) is 6. The van der Waals surface area contributed by atoms with Crippen LogP contribution in [0.3, 0.4) is 0 Å². The highest BCUT2D eigenvalue weighted by atomic mass is 35.5. The van der Waals surface area contributed by atoms with E-state index in [1.807, 2.05) is 14.1 Å². The molecule has 0 aliphatic carbocycles. The maximum atomic E-state index is 12.1. The second kappa shape index (κ2) is 9.89. The number of amides is 1. The van der Waals surface area contributed by atoms with Gasteiger partial charge in [-0.25, -0.2) is 9.78 Å². The molecule has 8 heteroatoms. The molecule has 0 saturated heterocycles. The number of hydrogen-bond donors (Lipinski definition) is 2. The van der Waals surface area contributed by atoms with E-state index in [-0.39, 0.29) is 5.91 Å². The number of nitrogens with one attached hydrogen (secondary N) is 2. The molecule has 27 heavy (non-hydrogen) atoms. The van der Waals surface area contributed by atoms with Crippen LogP contribution in [0.5, 0.6) is 0 Å². The molecule has 0 spiro atoms. The lowest BCUT2D eigenvalue weighted by Crippen LogP contribution is -2.27. The first-order valence-corrected chi connectivity index (χ1v) is 8.82. The Morgan fingerprint density at radius 1 is 1.22 bits per heavy atom. The highest BCUT2D eigenvalue weighted by Gasteiger charge is 2.10. The van der Waals surface area contributed by atoms with Crippen molar-refractivity contribution < 1.29 is 14.3 Å². The van der Waals surface area contributed by atoms with E-state index in [2.05, 4.69) is 20.5 Å². The first-order chi connectivity index (χ1) is 12.9. The van der Waals surface area contributed by atoms with Crippen LogP contribution in [0, 0.1) is 0 Å². The molecule has 2 aromatic rings. The Bertz CT molecular complexity index is 794. The number of benzene rings is 1. The van der Waals surface area contributed by atoms with Crippen molar-refractivity contribution in [3.8, 4) is 0 Å². The van der Waals surface area contributed by atoms with E-state index in [0.29, 0.717) is 34.2 Å². The predicted octanol–water partition coefficient (Wildman–Crippen LogP) is 2.95. The Kier molecular flexibility index (Phi) is 7.57. The number of carbonyl (C=O) groups excluding carboxylic acids is 2. The molecule has 0 saturated carbocycles. The van der Waals surface area contributed by atoms with Crippen molar-refractivity contribution in [3.63, 3.8) is 0 Å². The van der Waals surface area contributed by atoms with Crippen molar-refractivity contribution in [3.05, 3.63) is 52.8 Å². The summed E-state index contributed by atoms with van der Waals surface area (Å²) in [6.45, 7) is 1.50. The van der Waals surface area contributed by atoms with Gasteiger partial charge < -0.3 is 20.3 Å². The molecule has 0 bridgehead atoms. The Morgan fingerprint density at radius 3 is 2.63 bits per heavy atom. The minimum atomic E-state index is -0.450. The average molecular weight is 391 g/mol. The maximum Gasteiger partial charge on any atom is 0.337 e. The summed E-state index contributed by atoms with van der Waals surface area (Å²) >= 11 is 6.17. The molecule has 144 valence electrons. The lowest BCUT2D eigenvalue weighted by atomic mass is 10.2. The minimum Gasteiger partial charge on any atom is -0.465 e. The normalized spacial score (nSPS) is 10.6. The number of anilines is 2. The van der Waals surface area contributed by atoms with Crippen LogP contribution < -0.4 is 10.6 Å². The lowest BCUT2D eigenvalue weighted by molar-refractivity contribution is 0.0600. The van der Waals surface area contributed by atoms with Crippen LogP contribution in [0.1, 0.15) is 27.3 Å². The van der Waals surface area contributed by atoms with Gasteiger partial charge in [0.25, 0.3) is 5.91 Å². The number of halogens is 1. The lowest BCUT2D eigenvalue weighted by Gasteiger charge is -2.11. The van der Waals surface area contributed by atoms with Crippen LogP contribution in [0.15, 0.2) is 36.5 Å². The van der Waals surface area contributed by atoms with Crippen LogP contribution in [0.2, 0.25) is 5.02 Å². The summed E-state index contributed by atoms with van der Waals surface area (Å²) in [5, 5.41) is 6.37. The minimum absolute atomic E-state index is 0.217. The van der Waals surface area contributed by atoms with Gasteiger partial charge in [-0.05, 0) is 57.4 Å². The summed E-state index contributed by atoms with van der Waals surface area (Å²) < 4.78 is 4.71. The first-order valence-electron chi connectivity index (χ1n) is 8.44. The van der Waals surface area contributed by atoms with Crippen LogP contribution >= 0.6 is 11.6 Å².